The van der Waals surface area contributed by atoms with E-state index in [9.17, 15) is 25.0 Å². The normalized spacial score (nSPS) is 10.5. The number of carbonyl (C=O) groups is 1. The van der Waals surface area contributed by atoms with Gasteiger partial charge in [-0.3, -0.25) is 25.0 Å². The summed E-state index contributed by atoms with van der Waals surface area (Å²) in [5.74, 6) is -0.576. The van der Waals surface area contributed by atoms with Crippen molar-refractivity contribution in [1.82, 2.24) is 0 Å². The first-order valence-electron chi connectivity index (χ1n) is 6.85. The highest BCUT2D eigenvalue weighted by Gasteiger charge is 2.15. The predicted octanol–water partition coefficient (Wildman–Crippen LogP) is 3.46. The molecule has 24 heavy (non-hydrogen) atoms. The lowest BCUT2D eigenvalue weighted by Crippen LogP contribution is -2.09. The summed E-state index contributed by atoms with van der Waals surface area (Å²) in [5.41, 5.74) is 0.961. The molecule has 122 valence electrons. The fourth-order valence-corrected chi connectivity index (χ4v) is 1.99. The minimum absolute atomic E-state index is 0.0827. The molecule has 1 N–H and O–H groups in total. The van der Waals surface area contributed by atoms with Gasteiger partial charge in [-0.05, 0) is 30.2 Å². The van der Waals surface area contributed by atoms with Gasteiger partial charge in [0.2, 0.25) is 5.91 Å². The van der Waals surface area contributed by atoms with Crippen LogP contribution in [0.3, 0.4) is 0 Å². The molecule has 0 unspecified atom stereocenters. The Morgan fingerprint density at radius 2 is 1.83 bits per heavy atom. The molecule has 0 aliphatic rings. The van der Waals surface area contributed by atoms with E-state index in [1.54, 1.807) is 19.1 Å². The molecule has 0 saturated carbocycles. The van der Waals surface area contributed by atoms with Crippen LogP contribution in [0.4, 0.5) is 17.1 Å². The fourth-order valence-electron chi connectivity index (χ4n) is 1.99. The van der Waals surface area contributed by atoms with Crippen LogP contribution in [0.5, 0.6) is 0 Å². The van der Waals surface area contributed by atoms with Crippen LogP contribution in [0.25, 0.3) is 6.08 Å². The van der Waals surface area contributed by atoms with Gasteiger partial charge >= 0.3 is 0 Å². The van der Waals surface area contributed by atoms with Crippen LogP contribution < -0.4 is 5.32 Å². The third kappa shape index (κ3) is 4.23. The number of nitrogens with one attached hydrogen (secondary N) is 1. The minimum atomic E-state index is -0.577. The van der Waals surface area contributed by atoms with Gasteiger partial charge in [0.1, 0.15) is 5.69 Å². The second-order valence-electron chi connectivity index (χ2n) is 4.95. The van der Waals surface area contributed by atoms with Gasteiger partial charge in [-0.15, -0.1) is 0 Å². The first-order chi connectivity index (χ1) is 11.4. The Labute approximate surface area is 136 Å². The van der Waals surface area contributed by atoms with E-state index in [0.717, 1.165) is 6.08 Å². The van der Waals surface area contributed by atoms with Crippen LogP contribution in [0.15, 0.2) is 48.5 Å². The molecule has 0 spiro atoms. The maximum Gasteiger partial charge on any atom is 0.293 e. The molecule has 0 fully saturated rings. The Hall–Kier alpha value is -3.55. The summed E-state index contributed by atoms with van der Waals surface area (Å²) in [6.45, 7) is 1.71. The lowest BCUT2D eigenvalue weighted by molar-refractivity contribution is -0.384. The number of hydrogen-bond acceptors (Lipinski definition) is 5. The van der Waals surface area contributed by atoms with Gasteiger partial charge in [0.15, 0.2) is 0 Å². The molecule has 0 bridgehead atoms. The number of benzene rings is 2. The zero-order chi connectivity index (χ0) is 17.7. The van der Waals surface area contributed by atoms with Gasteiger partial charge in [-0.25, -0.2) is 0 Å². The monoisotopic (exact) mass is 327 g/mol. The molecule has 0 radical (unpaired) electrons. The Morgan fingerprint density at radius 1 is 1.08 bits per heavy atom. The molecule has 0 heterocycles. The van der Waals surface area contributed by atoms with Crippen LogP contribution >= 0.6 is 0 Å². The average Bonchev–Trinajstić information content (AvgIpc) is 2.54. The van der Waals surface area contributed by atoms with Crippen LogP contribution in [0, 0.1) is 27.2 Å². The van der Waals surface area contributed by atoms with E-state index in [2.05, 4.69) is 5.32 Å². The van der Waals surface area contributed by atoms with E-state index in [4.69, 9.17) is 0 Å². The Bertz CT molecular complexity index is 845. The molecule has 2 aromatic carbocycles. The minimum Gasteiger partial charge on any atom is -0.317 e. The number of carbonyl (C=O) groups excluding carboxylic acids is 1. The second-order valence-corrected chi connectivity index (χ2v) is 4.95. The maximum atomic E-state index is 11.9. The second kappa shape index (κ2) is 7.14. The van der Waals surface area contributed by atoms with Crippen molar-refractivity contribution in [3.63, 3.8) is 0 Å². The average molecular weight is 327 g/mol. The van der Waals surface area contributed by atoms with Gasteiger partial charge in [-0.2, -0.15) is 0 Å². The molecule has 8 heteroatoms. The van der Waals surface area contributed by atoms with Crippen molar-refractivity contribution < 1.29 is 14.6 Å². The van der Waals surface area contributed by atoms with E-state index < -0.39 is 15.8 Å². The summed E-state index contributed by atoms with van der Waals surface area (Å²) >= 11 is 0. The molecule has 0 aromatic heterocycles. The molecule has 0 aliphatic heterocycles. The Morgan fingerprint density at radius 3 is 2.50 bits per heavy atom. The zero-order valence-electron chi connectivity index (χ0n) is 12.6. The Balaban J connectivity index is 2.15. The summed E-state index contributed by atoms with van der Waals surface area (Å²) in [5, 5.41) is 24.1. The molecule has 1 amide bonds. The molecular weight excluding hydrogens is 314 g/mol. The highest BCUT2D eigenvalue weighted by Crippen LogP contribution is 2.25. The van der Waals surface area contributed by atoms with Gasteiger partial charge in [0.05, 0.1) is 9.85 Å². The number of amides is 1. The number of nitro groups is 2. The third-order valence-corrected chi connectivity index (χ3v) is 3.12. The highest BCUT2D eigenvalue weighted by molar-refractivity contribution is 6.03. The molecular formula is C16H13N3O5. The fraction of sp³-hybridized carbons (Fsp3) is 0.0625. The number of aryl methyl sites for hydroxylation is 1. The third-order valence-electron chi connectivity index (χ3n) is 3.12. The van der Waals surface area contributed by atoms with Gasteiger partial charge in [0.25, 0.3) is 11.4 Å². The first kappa shape index (κ1) is 16.8. The van der Waals surface area contributed by atoms with Crippen LogP contribution in [0.2, 0.25) is 0 Å². The quantitative estimate of drug-likeness (QED) is 0.513. The smallest absolute Gasteiger partial charge is 0.293 e. The van der Waals surface area contributed by atoms with Crippen molar-refractivity contribution >= 4 is 29.0 Å². The predicted molar refractivity (Wildman–Crippen MR) is 88.6 cm³/mol. The standard InChI is InChI=1S/C16H13N3O5/c1-11-5-7-14(15(9-11)19(23)24)17-16(20)8-6-12-3-2-4-13(10-12)18(21)22/h2-10H,1H3,(H,17,20). The molecule has 0 saturated heterocycles. The Kier molecular flexibility index (Phi) is 5.00. The lowest BCUT2D eigenvalue weighted by Gasteiger charge is -2.04. The summed E-state index contributed by atoms with van der Waals surface area (Å²) in [7, 11) is 0. The number of non-ortho nitro benzene ring substituents is 1. The maximum absolute atomic E-state index is 11.9. The molecule has 2 aromatic rings. The van der Waals surface area contributed by atoms with Crippen molar-refractivity contribution in [2.24, 2.45) is 0 Å². The summed E-state index contributed by atoms with van der Waals surface area (Å²) in [6, 6.07) is 10.2. The van der Waals surface area contributed by atoms with Crippen LogP contribution in [0.1, 0.15) is 11.1 Å². The van der Waals surface area contributed by atoms with Crippen LogP contribution in [-0.2, 0) is 4.79 Å². The van der Waals surface area contributed by atoms with Crippen molar-refractivity contribution in [2.45, 2.75) is 6.92 Å². The zero-order valence-corrected chi connectivity index (χ0v) is 12.6. The molecule has 0 aliphatic carbocycles. The van der Waals surface area contributed by atoms with Crippen molar-refractivity contribution in [3.05, 3.63) is 79.9 Å². The van der Waals surface area contributed by atoms with Gasteiger partial charge in [0, 0.05) is 24.3 Å². The topological polar surface area (TPSA) is 115 Å². The summed E-state index contributed by atoms with van der Waals surface area (Å²) < 4.78 is 0. The van der Waals surface area contributed by atoms with E-state index in [0.29, 0.717) is 11.1 Å². The van der Waals surface area contributed by atoms with Crippen molar-refractivity contribution in [1.29, 1.82) is 0 Å². The number of hydrogen-bond donors (Lipinski definition) is 1. The SMILES string of the molecule is Cc1ccc(NC(=O)C=Cc2cccc([N+](=O)[O-])c2)c([N+](=O)[O-])c1. The molecule has 8 nitrogen and oxygen atoms in total. The number of rotatable bonds is 5. The number of nitrogens with zero attached hydrogens (tertiary/aromatic N) is 2. The van der Waals surface area contributed by atoms with E-state index in [-0.39, 0.29) is 17.1 Å². The van der Waals surface area contributed by atoms with Crippen molar-refractivity contribution in [2.75, 3.05) is 5.32 Å². The number of anilines is 1. The number of nitro benzene ring substituents is 2. The van der Waals surface area contributed by atoms with Gasteiger partial charge < -0.3 is 5.32 Å². The summed E-state index contributed by atoms with van der Waals surface area (Å²) in [6.07, 6.45) is 2.55. The van der Waals surface area contributed by atoms with E-state index >= 15 is 0 Å². The van der Waals surface area contributed by atoms with Crippen LogP contribution in [-0.4, -0.2) is 15.8 Å². The van der Waals surface area contributed by atoms with E-state index in [1.165, 1.54) is 36.4 Å². The first-order valence-corrected chi connectivity index (χ1v) is 6.85. The lowest BCUT2D eigenvalue weighted by atomic mass is 10.2. The largest absolute Gasteiger partial charge is 0.317 e. The molecule has 2 rings (SSSR count). The summed E-state index contributed by atoms with van der Waals surface area (Å²) in [4.78, 5) is 32.5. The van der Waals surface area contributed by atoms with E-state index in [1.807, 2.05) is 0 Å². The van der Waals surface area contributed by atoms with Gasteiger partial charge in [-0.1, -0.05) is 18.2 Å². The highest BCUT2D eigenvalue weighted by atomic mass is 16.6. The van der Waals surface area contributed by atoms with Crippen molar-refractivity contribution in [3.8, 4) is 0 Å². The molecule has 0 atom stereocenters.